The Morgan fingerprint density at radius 1 is 1.40 bits per heavy atom. The fourth-order valence-electron chi connectivity index (χ4n) is 1.97. The number of amides is 2. The van der Waals surface area contributed by atoms with E-state index in [1.165, 1.54) is 11.0 Å². The molecule has 2 aromatic rings. The number of anilines is 2. The molecule has 1 aliphatic rings. The lowest BCUT2D eigenvalue weighted by molar-refractivity contribution is -0.123. The molecule has 8 heteroatoms. The number of rotatable bonds is 3. The summed E-state index contributed by atoms with van der Waals surface area (Å²) in [4.78, 5) is 27.5. The summed E-state index contributed by atoms with van der Waals surface area (Å²) in [5, 5.41) is 9.77. The lowest BCUT2D eigenvalue weighted by atomic mass is 10.2. The number of nitrogens with zero attached hydrogens (tertiary/aromatic N) is 3. The molecular formula is C12H10ClN5O2. The standard InChI is InChI=1S/C12H10ClN5O2/c13-7-1-3-8(4-2-7)16-10(19)5-9-11(20)17-12-14-6-15-18(9)12/h1-4,6,9H,5H2,(H,16,19)(H,14,15,17,20)/t9-/m1/s1. The smallest absolute Gasteiger partial charge is 0.252 e. The van der Waals surface area contributed by atoms with Crippen LogP contribution >= 0.6 is 11.6 Å². The largest absolute Gasteiger partial charge is 0.326 e. The first kappa shape index (κ1) is 12.6. The van der Waals surface area contributed by atoms with Crippen molar-refractivity contribution in [2.45, 2.75) is 12.5 Å². The van der Waals surface area contributed by atoms with E-state index in [1.807, 2.05) is 0 Å². The Morgan fingerprint density at radius 2 is 2.15 bits per heavy atom. The van der Waals surface area contributed by atoms with Crippen LogP contribution in [0.1, 0.15) is 12.5 Å². The van der Waals surface area contributed by atoms with Gasteiger partial charge in [0.2, 0.25) is 11.9 Å². The number of carbonyl (C=O) groups is 2. The molecule has 0 unspecified atom stereocenters. The number of benzene rings is 1. The topological polar surface area (TPSA) is 88.9 Å². The highest BCUT2D eigenvalue weighted by Crippen LogP contribution is 2.24. The number of halogens is 1. The van der Waals surface area contributed by atoms with Gasteiger partial charge in [0.05, 0.1) is 6.42 Å². The van der Waals surface area contributed by atoms with Gasteiger partial charge in [0.1, 0.15) is 12.4 Å². The van der Waals surface area contributed by atoms with E-state index >= 15 is 0 Å². The number of fused-ring (bicyclic) bond motifs is 1. The molecule has 2 heterocycles. The molecule has 0 aliphatic carbocycles. The predicted molar refractivity (Wildman–Crippen MR) is 72.4 cm³/mol. The van der Waals surface area contributed by atoms with Crippen LogP contribution < -0.4 is 10.6 Å². The zero-order valence-electron chi connectivity index (χ0n) is 10.2. The van der Waals surface area contributed by atoms with Crippen molar-refractivity contribution < 1.29 is 9.59 Å². The SMILES string of the molecule is O=C(C[C@@H]1C(=O)Nc2ncnn21)Nc1ccc(Cl)cc1. The summed E-state index contributed by atoms with van der Waals surface area (Å²) in [5.74, 6) is -0.207. The van der Waals surface area contributed by atoms with E-state index in [-0.39, 0.29) is 18.2 Å². The van der Waals surface area contributed by atoms with Gasteiger partial charge in [-0.3, -0.25) is 14.9 Å². The third kappa shape index (κ3) is 2.35. The van der Waals surface area contributed by atoms with E-state index in [9.17, 15) is 9.59 Å². The van der Waals surface area contributed by atoms with Crippen LogP contribution in [0, 0.1) is 0 Å². The summed E-state index contributed by atoms with van der Waals surface area (Å²) in [6.45, 7) is 0. The minimum Gasteiger partial charge on any atom is -0.326 e. The normalized spacial score (nSPS) is 16.6. The Bertz CT molecular complexity index is 667. The van der Waals surface area contributed by atoms with Crippen LogP contribution in [0.2, 0.25) is 5.02 Å². The summed E-state index contributed by atoms with van der Waals surface area (Å²) >= 11 is 5.76. The molecule has 0 fully saturated rings. The number of nitrogens with one attached hydrogen (secondary N) is 2. The highest BCUT2D eigenvalue weighted by molar-refractivity contribution is 6.30. The van der Waals surface area contributed by atoms with E-state index in [0.717, 1.165) is 0 Å². The summed E-state index contributed by atoms with van der Waals surface area (Å²) in [6, 6.07) is 6.06. The third-order valence-electron chi connectivity index (χ3n) is 2.91. The van der Waals surface area contributed by atoms with Crippen LogP contribution in [0.5, 0.6) is 0 Å². The van der Waals surface area contributed by atoms with E-state index in [2.05, 4.69) is 20.7 Å². The first-order valence-corrected chi connectivity index (χ1v) is 6.27. The second kappa shape index (κ2) is 4.93. The van der Waals surface area contributed by atoms with Crippen molar-refractivity contribution in [1.29, 1.82) is 0 Å². The second-order valence-corrected chi connectivity index (χ2v) is 4.73. The molecule has 0 bridgehead atoms. The zero-order valence-corrected chi connectivity index (χ0v) is 11.0. The molecule has 102 valence electrons. The molecule has 0 radical (unpaired) electrons. The Balaban J connectivity index is 1.68. The molecule has 20 heavy (non-hydrogen) atoms. The van der Waals surface area contributed by atoms with Gasteiger partial charge >= 0.3 is 0 Å². The molecule has 2 N–H and O–H groups in total. The third-order valence-corrected chi connectivity index (χ3v) is 3.16. The molecule has 1 aromatic carbocycles. The maximum absolute atomic E-state index is 11.9. The van der Waals surface area contributed by atoms with Crippen LogP contribution in [0.25, 0.3) is 0 Å². The van der Waals surface area contributed by atoms with Gasteiger partial charge in [-0.15, -0.1) is 0 Å². The first-order chi connectivity index (χ1) is 9.63. The molecule has 2 amide bonds. The maximum Gasteiger partial charge on any atom is 0.252 e. The van der Waals surface area contributed by atoms with Gasteiger partial charge in [0.15, 0.2) is 0 Å². The first-order valence-electron chi connectivity index (χ1n) is 5.89. The van der Waals surface area contributed by atoms with Gasteiger partial charge < -0.3 is 5.32 Å². The molecule has 0 spiro atoms. The van der Waals surface area contributed by atoms with E-state index in [0.29, 0.717) is 16.7 Å². The van der Waals surface area contributed by atoms with E-state index < -0.39 is 6.04 Å². The molecule has 7 nitrogen and oxygen atoms in total. The lowest BCUT2D eigenvalue weighted by Gasteiger charge is -2.09. The van der Waals surface area contributed by atoms with Crippen molar-refractivity contribution in [3.05, 3.63) is 35.6 Å². The zero-order chi connectivity index (χ0) is 14.1. The van der Waals surface area contributed by atoms with Crippen molar-refractivity contribution in [1.82, 2.24) is 14.8 Å². The fourth-order valence-corrected chi connectivity index (χ4v) is 2.10. The Hall–Kier alpha value is -2.41. The van der Waals surface area contributed by atoms with Gasteiger partial charge in [-0.05, 0) is 24.3 Å². The van der Waals surface area contributed by atoms with Gasteiger partial charge in [-0.2, -0.15) is 10.1 Å². The molecule has 1 aromatic heterocycles. The van der Waals surface area contributed by atoms with E-state index in [4.69, 9.17) is 11.6 Å². The highest BCUT2D eigenvalue weighted by atomic mass is 35.5. The molecule has 3 rings (SSSR count). The molecule has 1 atom stereocenters. The van der Waals surface area contributed by atoms with Crippen molar-refractivity contribution in [3.63, 3.8) is 0 Å². The Kier molecular flexibility index (Phi) is 3.11. The van der Waals surface area contributed by atoms with Crippen molar-refractivity contribution in [3.8, 4) is 0 Å². The predicted octanol–water partition coefficient (Wildman–Crippen LogP) is 1.45. The second-order valence-electron chi connectivity index (χ2n) is 4.29. The van der Waals surface area contributed by atoms with Crippen LogP contribution in [-0.2, 0) is 9.59 Å². The van der Waals surface area contributed by atoms with Crippen molar-refractivity contribution >= 4 is 35.1 Å². The van der Waals surface area contributed by atoms with Gasteiger partial charge in [-0.1, -0.05) is 11.6 Å². The molecule has 1 aliphatic heterocycles. The van der Waals surface area contributed by atoms with Crippen LogP contribution in [-0.4, -0.2) is 26.6 Å². The highest BCUT2D eigenvalue weighted by Gasteiger charge is 2.33. The lowest BCUT2D eigenvalue weighted by Crippen LogP contribution is -2.23. The maximum atomic E-state index is 11.9. The molecule has 0 saturated heterocycles. The van der Waals surface area contributed by atoms with Crippen LogP contribution in [0.15, 0.2) is 30.6 Å². The minimum absolute atomic E-state index is 0.00911. The summed E-state index contributed by atoms with van der Waals surface area (Å²) in [5.41, 5.74) is 0.622. The summed E-state index contributed by atoms with van der Waals surface area (Å²) in [7, 11) is 0. The molecule has 0 saturated carbocycles. The molecular weight excluding hydrogens is 282 g/mol. The summed E-state index contributed by atoms with van der Waals surface area (Å²) < 4.78 is 1.41. The summed E-state index contributed by atoms with van der Waals surface area (Å²) in [6.07, 6.45) is 1.32. The number of aromatic nitrogens is 3. The van der Waals surface area contributed by atoms with Crippen molar-refractivity contribution in [2.75, 3.05) is 10.6 Å². The quantitative estimate of drug-likeness (QED) is 0.896. The van der Waals surface area contributed by atoms with E-state index in [1.54, 1.807) is 24.3 Å². The number of hydrogen-bond acceptors (Lipinski definition) is 4. The van der Waals surface area contributed by atoms with Gasteiger partial charge in [0, 0.05) is 10.7 Å². The number of hydrogen-bond donors (Lipinski definition) is 2. The Labute approximate surface area is 118 Å². The number of carbonyl (C=O) groups excluding carboxylic acids is 2. The van der Waals surface area contributed by atoms with Crippen molar-refractivity contribution in [2.24, 2.45) is 0 Å². The van der Waals surface area contributed by atoms with Crippen LogP contribution in [0.4, 0.5) is 11.6 Å². The Morgan fingerprint density at radius 3 is 2.90 bits per heavy atom. The van der Waals surface area contributed by atoms with Crippen LogP contribution in [0.3, 0.4) is 0 Å². The monoisotopic (exact) mass is 291 g/mol. The average molecular weight is 292 g/mol. The minimum atomic E-state index is -0.667. The van der Waals surface area contributed by atoms with Gasteiger partial charge in [0.25, 0.3) is 5.91 Å². The van der Waals surface area contributed by atoms with Gasteiger partial charge in [-0.25, -0.2) is 4.68 Å². The fraction of sp³-hybridized carbons (Fsp3) is 0.167. The average Bonchev–Trinajstić information content (AvgIpc) is 2.96.